The van der Waals surface area contributed by atoms with E-state index >= 15 is 0 Å². The molecular formula is C14H18N2O3. The molecule has 1 aromatic rings. The zero-order valence-corrected chi connectivity index (χ0v) is 10.7. The second-order valence-corrected chi connectivity index (χ2v) is 4.80. The van der Waals surface area contributed by atoms with Gasteiger partial charge in [-0.3, -0.25) is 9.59 Å². The van der Waals surface area contributed by atoms with Gasteiger partial charge in [-0.2, -0.15) is 0 Å². The quantitative estimate of drug-likeness (QED) is 0.819. The number of aryl methyl sites for hydroxylation is 1. The lowest BCUT2D eigenvalue weighted by Gasteiger charge is -2.15. The Morgan fingerprint density at radius 1 is 1.37 bits per heavy atom. The Morgan fingerprint density at radius 2 is 2.11 bits per heavy atom. The van der Waals surface area contributed by atoms with E-state index in [2.05, 4.69) is 0 Å². The molecule has 1 aliphatic heterocycles. The van der Waals surface area contributed by atoms with Gasteiger partial charge in [0.05, 0.1) is 6.10 Å². The van der Waals surface area contributed by atoms with Gasteiger partial charge < -0.3 is 15.7 Å². The molecule has 19 heavy (non-hydrogen) atoms. The summed E-state index contributed by atoms with van der Waals surface area (Å²) in [4.78, 5) is 24.9. The van der Waals surface area contributed by atoms with Crippen LogP contribution in [-0.4, -0.2) is 41.0 Å². The average Bonchev–Trinajstić information content (AvgIpc) is 2.83. The highest BCUT2D eigenvalue weighted by Crippen LogP contribution is 2.14. The number of hydrogen-bond acceptors (Lipinski definition) is 3. The third-order valence-corrected chi connectivity index (χ3v) is 3.41. The molecule has 1 aromatic carbocycles. The standard InChI is InChI=1S/C14H18N2O3/c15-14(19)12-4-2-1-3-10(12)5-6-13(18)16-8-7-11(17)9-16/h1-4,11,17H,5-9H2,(H2,15,19)/t11-/m1/s1. The first kappa shape index (κ1) is 13.5. The molecule has 1 heterocycles. The number of carbonyl (C=O) groups excluding carboxylic acids is 2. The summed E-state index contributed by atoms with van der Waals surface area (Å²) in [5.74, 6) is -0.463. The van der Waals surface area contributed by atoms with Gasteiger partial charge in [0.2, 0.25) is 11.8 Å². The van der Waals surface area contributed by atoms with Crippen LogP contribution in [0.2, 0.25) is 0 Å². The SMILES string of the molecule is NC(=O)c1ccccc1CCC(=O)N1CC[C@@H](O)C1. The molecule has 1 saturated heterocycles. The predicted molar refractivity (Wildman–Crippen MR) is 70.5 cm³/mol. The maximum Gasteiger partial charge on any atom is 0.248 e. The fourth-order valence-corrected chi connectivity index (χ4v) is 2.35. The number of aliphatic hydroxyl groups is 1. The molecule has 1 aliphatic rings. The number of amides is 2. The first-order chi connectivity index (χ1) is 9.08. The fraction of sp³-hybridized carbons (Fsp3) is 0.429. The number of primary amides is 1. The van der Waals surface area contributed by atoms with E-state index in [-0.39, 0.29) is 5.91 Å². The number of likely N-dealkylation sites (tertiary alicyclic amines) is 1. The van der Waals surface area contributed by atoms with Crippen LogP contribution in [0.1, 0.15) is 28.8 Å². The van der Waals surface area contributed by atoms with Crippen molar-refractivity contribution in [3.63, 3.8) is 0 Å². The molecule has 0 bridgehead atoms. The highest BCUT2D eigenvalue weighted by molar-refractivity contribution is 5.94. The molecular weight excluding hydrogens is 244 g/mol. The summed E-state index contributed by atoms with van der Waals surface area (Å²) in [6.07, 6.45) is 1.06. The molecule has 0 aliphatic carbocycles. The Balaban J connectivity index is 1.95. The first-order valence-electron chi connectivity index (χ1n) is 6.41. The lowest BCUT2D eigenvalue weighted by molar-refractivity contribution is -0.130. The minimum Gasteiger partial charge on any atom is -0.391 e. The monoisotopic (exact) mass is 262 g/mol. The normalized spacial score (nSPS) is 18.6. The molecule has 0 saturated carbocycles. The molecule has 0 spiro atoms. The number of nitrogens with two attached hydrogens (primary N) is 1. The van der Waals surface area contributed by atoms with Crippen LogP contribution < -0.4 is 5.73 Å². The summed E-state index contributed by atoms with van der Waals surface area (Å²) in [6.45, 7) is 1.02. The minimum absolute atomic E-state index is 0.0100. The van der Waals surface area contributed by atoms with Gasteiger partial charge in [0.25, 0.3) is 0 Å². The summed E-state index contributed by atoms with van der Waals surface area (Å²) in [5.41, 5.74) is 6.56. The number of β-amino-alcohol motifs (C(OH)–C–C–N with tert-alkyl or cyclic N) is 1. The molecule has 3 N–H and O–H groups in total. The largest absolute Gasteiger partial charge is 0.391 e. The summed E-state index contributed by atoms with van der Waals surface area (Å²) in [7, 11) is 0. The molecule has 2 rings (SSSR count). The van der Waals surface area contributed by atoms with Crippen LogP contribution in [0.3, 0.4) is 0 Å². The Kier molecular flexibility index (Phi) is 4.16. The molecule has 5 nitrogen and oxygen atoms in total. The summed E-state index contributed by atoms with van der Waals surface area (Å²) in [5, 5.41) is 9.40. The lowest BCUT2D eigenvalue weighted by atomic mass is 10.0. The first-order valence-corrected chi connectivity index (χ1v) is 6.41. The van der Waals surface area contributed by atoms with Crippen molar-refractivity contribution in [1.82, 2.24) is 4.90 Å². The number of benzene rings is 1. The molecule has 0 radical (unpaired) electrons. The molecule has 1 atom stereocenters. The van der Waals surface area contributed by atoms with E-state index in [0.717, 1.165) is 5.56 Å². The fourth-order valence-electron chi connectivity index (χ4n) is 2.35. The van der Waals surface area contributed by atoms with Gasteiger partial charge in [-0.05, 0) is 24.5 Å². The van der Waals surface area contributed by atoms with Gasteiger partial charge in [-0.1, -0.05) is 18.2 Å². The van der Waals surface area contributed by atoms with Gasteiger partial charge in [0.1, 0.15) is 0 Å². The second kappa shape index (κ2) is 5.84. The number of nitrogens with zero attached hydrogens (tertiary/aromatic N) is 1. The average molecular weight is 262 g/mol. The van der Waals surface area contributed by atoms with E-state index in [0.29, 0.717) is 37.9 Å². The van der Waals surface area contributed by atoms with Crippen LogP contribution in [0.25, 0.3) is 0 Å². The Hall–Kier alpha value is -1.88. The summed E-state index contributed by atoms with van der Waals surface area (Å²) >= 11 is 0. The van der Waals surface area contributed by atoms with Crippen molar-refractivity contribution in [3.8, 4) is 0 Å². The zero-order chi connectivity index (χ0) is 13.8. The van der Waals surface area contributed by atoms with Gasteiger partial charge >= 0.3 is 0 Å². The Morgan fingerprint density at radius 3 is 2.74 bits per heavy atom. The van der Waals surface area contributed by atoms with Crippen molar-refractivity contribution in [1.29, 1.82) is 0 Å². The van der Waals surface area contributed by atoms with E-state index in [1.54, 1.807) is 17.0 Å². The Labute approximate surface area is 112 Å². The zero-order valence-electron chi connectivity index (χ0n) is 10.7. The van der Waals surface area contributed by atoms with Crippen LogP contribution in [0.5, 0.6) is 0 Å². The van der Waals surface area contributed by atoms with E-state index in [9.17, 15) is 14.7 Å². The van der Waals surface area contributed by atoms with E-state index in [1.165, 1.54) is 0 Å². The van der Waals surface area contributed by atoms with Gasteiger partial charge in [0.15, 0.2) is 0 Å². The van der Waals surface area contributed by atoms with E-state index in [4.69, 9.17) is 5.73 Å². The van der Waals surface area contributed by atoms with Crippen LogP contribution >= 0.6 is 0 Å². The van der Waals surface area contributed by atoms with Crippen LogP contribution in [0, 0.1) is 0 Å². The van der Waals surface area contributed by atoms with Gasteiger partial charge in [-0.15, -0.1) is 0 Å². The molecule has 2 amide bonds. The predicted octanol–water partition coefficient (Wildman–Crippen LogP) is 0.311. The number of rotatable bonds is 4. The smallest absolute Gasteiger partial charge is 0.248 e. The third kappa shape index (κ3) is 3.32. The Bertz CT molecular complexity index is 487. The van der Waals surface area contributed by atoms with Gasteiger partial charge in [0, 0.05) is 25.1 Å². The lowest BCUT2D eigenvalue weighted by Crippen LogP contribution is -2.29. The molecule has 102 valence electrons. The van der Waals surface area contributed by atoms with Crippen LogP contribution in [0.15, 0.2) is 24.3 Å². The van der Waals surface area contributed by atoms with Crippen molar-refractivity contribution < 1.29 is 14.7 Å². The highest BCUT2D eigenvalue weighted by Gasteiger charge is 2.24. The van der Waals surface area contributed by atoms with Crippen molar-refractivity contribution in [2.45, 2.75) is 25.4 Å². The number of carbonyl (C=O) groups is 2. The van der Waals surface area contributed by atoms with E-state index in [1.807, 2.05) is 12.1 Å². The van der Waals surface area contributed by atoms with E-state index < -0.39 is 12.0 Å². The van der Waals surface area contributed by atoms with Crippen molar-refractivity contribution in [2.24, 2.45) is 5.73 Å². The third-order valence-electron chi connectivity index (χ3n) is 3.41. The number of aliphatic hydroxyl groups excluding tert-OH is 1. The second-order valence-electron chi connectivity index (χ2n) is 4.80. The number of hydrogen-bond donors (Lipinski definition) is 2. The summed E-state index contributed by atoms with van der Waals surface area (Å²) < 4.78 is 0. The van der Waals surface area contributed by atoms with Crippen molar-refractivity contribution in [2.75, 3.05) is 13.1 Å². The maximum atomic E-state index is 11.9. The molecule has 1 fully saturated rings. The van der Waals surface area contributed by atoms with Crippen molar-refractivity contribution in [3.05, 3.63) is 35.4 Å². The van der Waals surface area contributed by atoms with Gasteiger partial charge in [-0.25, -0.2) is 0 Å². The van der Waals surface area contributed by atoms with Crippen LogP contribution in [0.4, 0.5) is 0 Å². The minimum atomic E-state index is -0.473. The van der Waals surface area contributed by atoms with Crippen molar-refractivity contribution >= 4 is 11.8 Å². The molecule has 0 aromatic heterocycles. The van der Waals surface area contributed by atoms with Crippen LogP contribution in [-0.2, 0) is 11.2 Å². The highest BCUT2D eigenvalue weighted by atomic mass is 16.3. The topological polar surface area (TPSA) is 83.6 Å². The summed E-state index contributed by atoms with van der Waals surface area (Å²) in [6, 6.07) is 7.06. The molecule has 5 heteroatoms. The maximum absolute atomic E-state index is 11.9. The molecule has 0 unspecified atom stereocenters.